The van der Waals surface area contributed by atoms with E-state index in [1.54, 1.807) is 11.8 Å². The van der Waals surface area contributed by atoms with Crippen molar-refractivity contribution in [3.63, 3.8) is 0 Å². The van der Waals surface area contributed by atoms with Crippen molar-refractivity contribution in [3.8, 4) is 0 Å². The van der Waals surface area contributed by atoms with Crippen molar-refractivity contribution in [1.29, 1.82) is 0 Å². The van der Waals surface area contributed by atoms with Crippen LogP contribution in [0.15, 0.2) is 0 Å². The van der Waals surface area contributed by atoms with E-state index in [1.807, 2.05) is 6.92 Å². The molecule has 1 atom stereocenters. The molecule has 16 heavy (non-hydrogen) atoms. The van der Waals surface area contributed by atoms with Crippen LogP contribution >= 0.6 is 0 Å². The molecule has 92 valence electrons. The van der Waals surface area contributed by atoms with Crippen LogP contribution in [-0.4, -0.2) is 40.6 Å². The second-order valence-corrected chi connectivity index (χ2v) is 4.17. The summed E-state index contributed by atoms with van der Waals surface area (Å²) in [5, 5.41) is 11.4. The first kappa shape index (κ1) is 12.8. The van der Waals surface area contributed by atoms with E-state index in [0.29, 0.717) is 19.0 Å². The highest BCUT2D eigenvalue weighted by molar-refractivity contribution is 5.82. The van der Waals surface area contributed by atoms with Crippen LogP contribution in [0.1, 0.15) is 39.5 Å². The van der Waals surface area contributed by atoms with Crippen LogP contribution in [0.25, 0.3) is 0 Å². The maximum absolute atomic E-state index is 11.8. The molecule has 2 N–H and O–H groups in total. The van der Waals surface area contributed by atoms with Gasteiger partial charge in [-0.25, -0.2) is 9.59 Å². The van der Waals surface area contributed by atoms with E-state index in [0.717, 1.165) is 19.3 Å². The predicted octanol–water partition coefficient (Wildman–Crippen LogP) is 1.43. The molecule has 1 saturated carbocycles. The van der Waals surface area contributed by atoms with E-state index >= 15 is 0 Å². The lowest BCUT2D eigenvalue weighted by Gasteiger charge is -2.24. The number of hydrogen-bond acceptors (Lipinski definition) is 2. The summed E-state index contributed by atoms with van der Waals surface area (Å²) >= 11 is 0. The van der Waals surface area contributed by atoms with Crippen molar-refractivity contribution in [3.05, 3.63) is 0 Å². The second-order valence-electron chi connectivity index (χ2n) is 4.17. The molecule has 0 bridgehead atoms. The summed E-state index contributed by atoms with van der Waals surface area (Å²) in [6.07, 6.45) is 3.38. The van der Waals surface area contributed by atoms with Gasteiger partial charge in [-0.3, -0.25) is 0 Å². The van der Waals surface area contributed by atoms with E-state index in [2.05, 4.69) is 5.32 Å². The molecule has 0 aromatic rings. The molecule has 1 fully saturated rings. The molecule has 0 heterocycles. The van der Waals surface area contributed by atoms with Gasteiger partial charge in [0.05, 0.1) is 0 Å². The van der Waals surface area contributed by atoms with E-state index < -0.39 is 12.0 Å². The molecule has 5 heteroatoms. The van der Waals surface area contributed by atoms with Crippen LogP contribution in [0.2, 0.25) is 0 Å². The Hall–Kier alpha value is -1.26. The highest BCUT2D eigenvalue weighted by atomic mass is 16.4. The summed E-state index contributed by atoms with van der Waals surface area (Å²) in [5.74, 6) is -0.969. The topological polar surface area (TPSA) is 69.6 Å². The fourth-order valence-corrected chi connectivity index (χ4v) is 1.65. The lowest BCUT2D eigenvalue weighted by atomic mass is 10.2. The Morgan fingerprint density at radius 2 is 2.06 bits per heavy atom. The van der Waals surface area contributed by atoms with Gasteiger partial charge in [0.25, 0.3) is 0 Å². The molecular formula is C11H20N2O3. The van der Waals surface area contributed by atoms with Crippen molar-refractivity contribution in [1.82, 2.24) is 10.2 Å². The van der Waals surface area contributed by atoms with Gasteiger partial charge >= 0.3 is 12.0 Å². The van der Waals surface area contributed by atoms with Gasteiger partial charge in [-0.05, 0) is 25.7 Å². The summed E-state index contributed by atoms with van der Waals surface area (Å²) in [5.41, 5.74) is 0. The Kier molecular flexibility index (Phi) is 4.58. The Labute approximate surface area is 95.8 Å². The zero-order valence-corrected chi connectivity index (χ0v) is 9.90. The summed E-state index contributed by atoms with van der Waals surface area (Å²) in [6.45, 7) is 4.46. The van der Waals surface area contributed by atoms with Crippen LogP contribution in [0, 0.1) is 0 Å². The van der Waals surface area contributed by atoms with E-state index in [9.17, 15) is 9.59 Å². The highest BCUT2D eigenvalue weighted by Crippen LogP contribution is 2.26. The number of hydrogen-bond donors (Lipinski definition) is 2. The number of carbonyl (C=O) groups excluding carboxylic acids is 1. The minimum atomic E-state index is -0.969. The number of amides is 2. The van der Waals surface area contributed by atoms with Crippen molar-refractivity contribution >= 4 is 12.0 Å². The third-order valence-electron chi connectivity index (χ3n) is 2.72. The Balaban J connectivity index is 2.50. The average Bonchev–Trinajstić information content (AvgIpc) is 3.05. The third kappa shape index (κ3) is 3.40. The van der Waals surface area contributed by atoms with Crippen molar-refractivity contribution in [2.75, 3.05) is 6.54 Å². The number of aliphatic carboxylic acids is 1. The molecule has 2 amide bonds. The van der Waals surface area contributed by atoms with Gasteiger partial charge in [0.1, 0.15) is 6.04 Å². The normalized spacial score (nSPS) is 16.6. The number of rotatable bonds is 6. The summed E-state index contributed by atoms with van der Waals surface area (Å²) in [7, 11) is 0. The summed E-state index contributed by atoms with van der Waals surface area (Å²) in [6, 6.07) is -0.685. The summed E-state index contributed by atoms with van der Waals surface area (Å²) < 4.78 is 0. The molecule has 0 aromatic carbocycles. The largest absolute Gasteiger partial charge is 0.480 e. The Bertz CT molecular complexity index is 264. The number of urea groups is 1. The minimum Gasteiger partial charge on any atom is -0.480 e. The van der Waals surface area contributed by atoms with Gasteiger partial charge in [0, 0.05) is 12.6 Å². The lowest BCUT2D eigenvalue weighted by Crippen LogP contribution is -2.48. The molecule has 5 nitrogen and oxygen atoms in total. The molecule has 0 radical (unpaired) electrons. The predicted molar refractivity (Wildman–Crippen MR) is 60.3 cm³/mol. The van der Waals surface area contributed by atoms with Crippen molar-refractivity contribution in [2.45, 2.75) is 51.6 Å². The van der Waals surface area contributed by atoms with E-state index in [4.69, 9.17) is 5.11 Å². The number of nitrogens with zero attached hydrogens (tertiary/aromatic N) is 1. The monoisotopic (exact) mass is 228 g/mol. The number of carboxylic acids is 1. The van der Waals surface area contributed by atoms with E-state index in [1.165, 1.54) is 0 Å². The molecule has 1 unspecified atom stereocenters. The standard InChI is InChI=1S/C11H20N2O3/c1-3-7-13(8-5-6-8)11(16)12-9(4-2)10(14)15/h8-9H,3-7H2,1-2H3,(H,12,16)(H,14,15). The summed E-state index contributed by atoms with van der Waals surface area (Å²) in [4.78, 5) is 24.4. The van der Waals surface area contributed by atoms with Gasteiger partial charge in [0.2, 0.25) is 0 Å². The van der Waals surface area contributed by atoms with E-state index in [-0.39, 0.29) is 6.03 Å². The number of carbonyl (C=O) groups is 2. The molecule has 0 aliphatic heterocycles. The molecule has 1 aliphatic rings. The zero-order chi connectivity index (χ0) is 12.1. The quantitative estimate of drug-likeness (QED) is 0.722. The molecule has 0 saturated heterocycles. The Morgan fingerprint density at radius 1 is 1.44 bits per heavy atom. The highest BCUT2D eigenvalue weighted by Gasteiger charge is 2.33. The molecule has 0 aromatic heterocycles. The Morgan fingerprint density at radius 3 is 2.44 bits per heavy atom. The first-order valence-electron chi connectivity index (χ1n) is 5.90. The fourth-order valence-electron chi connectivity index (χ4n) is 1.65. The second kappa shape index (κ2) is 5.72. The van der Waals surface area contributed by atoms with Gasteiger partial charge in [-0.2, -0.15) is 0 Å². The SMILES string of the molecule is CCCN(C(=O)NC(CC)C(=O)O)C1CC1. The van der Waals surface area contributed by atoms with Crippen LogP contribution in [0.3, 0.4) is 0 Å². The smallest absolute Gasteiger partial charge is 0.326 e. The third-order valence-corrected chi connectivity index (χ3v) is 2.72. The first-order chi connectivity index (χ1) is 7.60. The number of nitrogens with one attached hydrogen (secondary N) is 1. The molecule has 1 rings (SSSR count). The van der Waals surface area contributed by atoms with Crippen LogP contribution < -0.4 is 5.32 Å². The van der Waals surface area contributed by atoms with Crippen LogP contribution in [-0.2, 0) is 4.79 Å². The van der Waals surface area contributed by atoms with Crippen molar-refractivity contribution < 1.29 is 14.7 Å². The van der Waals surface area contributed by atoms with Gasteiger partial charge < -0.3 is 15.3 Å². The molecule has 1 aliphatic carbocycles. The van der Waals surface area contributed by atoms with Crippen LogP contribution in [0.4, 0.5) is 4.79 Å². The zero-order valence-electron chi connectivity index (χ0n) is 9.90. The number of carboxylic acid groups (broad SMARTS) is 1. The van der Waals surface area contributed by atoms with Crippen molar-refractivity contribution in [2.24, 2.45) is 0 Å². The molecular weight excluding hydrogens is 208 g/mol. The molecule has 0 spiro atoms. The maximum atomic E-state index is 11.8. The minimum absolute atomic E-state index is 0.237. The fraction of sp³-hybridized carbons (Fsp3) is 0.818. The first-order valence-corrected chi connectivity index (χ1v) is 5.90. The van der Waals surface area contributed by atoms with Crippen LogP contribution in [0.5, 0.6) is 0 Å². The average molecular weight is 228 g/mol. The lowest BCUT2D eigenvalue weighted by molar-refractivity contribution is -0.139. The van der Waals surface area contributed by atoms with Gasteiger partial charge in [0.15, 0.2) is 0 Å². The van der Waals surface area contributed by atoms with Gasteiger partial charge in [-0.1, -0.05) is 13.8 Å². The van der Waals surface area contributed by atoms with Gasteiger partial charge in [-0.15, -0.1) is 0 Å². The maximum Gasteiger partial charge on any atom is 0.326 e.